The molecule has 9 heteroatoms. The smallest absolute Gasteiger partial charge is 0.133 e. The molecular formula is C25H26F2N6S. The second-order valence-electron chi connectivity index (χ2n) is 7.16. The van der Waals surface area contributed by atoms with Crippen LogP contribution in [0, 0.1) is 11.6 Å². The Balaban J connectivity index is 1.99. The zero-order valence-corrected chi connectivity index (χ0v) is 19.7. The molecule has 176 valence electrons. The Hall–Kier alpha value is -3.72. The molecule has 5 N–H and O–H groups in total. The number of hydrogen-bond acceptors (Lipinski definition) is 5. The first-order chi connectivity index (χ1) is 16.4. The number of pyridine rings is 1. The molecule has 1 heterocycles. The fraction of sp³-hybridized carbons (Fsp3) is 0.160. The summed E-state index contributed by atoms with van der Waals surface area (Å²) in [6.07, 6.45) is 5.08. The van der Waals surface area contributed by atoms with Crippen LogP contribution in [0.25, 0.3) is 16.7 Å². The first-order valence-corrected chi connectivity index (χ1v) is 11.6. The van der Waals surface area contributed by atoms with Gasteiger partial charge in [-0.2, -0.15) is 0 Å². The summed E-state index contributed by atoms with van der Waals surface area (Å²) in [6.45, 7) is 3.92. The number of nitrogens with zero attached hydrogens (tertiary/aromatic N) is 3. The Labute approximate surface area is 202 Å². The molecule has 0 radical (unpaired) electrons. The molecule has 0 bridgehead atoms. The minimum atomic E-state index is -0.642. The van der Waals surface area contributed by atoms with E-state index in [-0.39, 0.29) is 5.56 Å². The predicted octanol–water partition coefficient (Wildman–Crippen LogP) is 5.88. The van der Waals surface area contributed by atoms with Crippen LogP contribution >= 0.6 is 11.9 Å². The van der Waals surface area contributed by atoms with E-state index in [1.807, 2.05) is 26.0 Å². The SMILES string of the molecule is CCSNc1cc(C(=CN)c2ccc(N=CN=C(N)CC)cn2)cc(-c2ccc(F)cc2F)c1. The van der Waals surface area contributed by atoms with E-state index < -0.39 is 11.6 Å². The summed E-state index contributed by atoms with van der Waals surface area (Å²) in [5.74, 6) is 0.0533. The van der Waals surface area contributed by atoms with Gasteiger partial charge in [0.1, 0.15) is 23.8 Å². The third-order valence-electron chi connectivity index (χ3n) is 4.80. The van der Waals surface area contributed by atoms with Crippen LogP contribution in [0.4, 0.5) is 20.2 Å². The molecule has 1 aromatic heterocycles. The van der Waals surface area contributed by atoms with E-state index in [1.54, 1.807) is 24.4 Å². The van der Waals surface area contributed by atoms with E-state index in [2.05, 4.69) is 19.7 Å². The van der Waals surface area contributed by atoms with Crippen LogP contribution in [-0.2, 0) is 0 Å². The van der Waals surface area contributed by atoms with Crippen molar-refractivity contribution in [2.45, 2.75) is 20.3 Å². The summed E-state index contributed by atoms with van der Waals surface area (Å²) in [6, 6.07) is 12.6. The number of aliphatic imine (C=N–C) groups is 2. The summed E-state index contributed by atoms with van der Waals surface area (Å²) in [7, 11) is 0. The van der Waals surface area contributed by atoms with E-state index in [1.165, 1.54) is 36.6 Å². The number of nitrogens with one attached hydrogen (secondary N) is 1. The minimum Gasteiger partial charge on any atom is -0.404 e. The summed E-state index contributed by atoms with van der Waals surface area (Å²) in [5.41, 5.74) is 15.9. The zero-order valence-electron chi connectivity index (χ0n) is 18.9. The molecule has 0 aliphatic heterocycles. The first-order valence-electron chi connectivity index (χ1n) is 10.7. The number of hydrogen-bond donors (Lipinski definition) is 3. The van der Waals surface area contributed by atoms with Crippen LogP contribution < -0.4 is 16.2 Å². The molecule has 3 aromatic rings. The normalized spacial score (nSPS) is 12.4. The molecule has 0 atom stereocenters. The van der Waals surface area contributed by atoms with Crippen LogP contribution in [0.2, 0.25) is 0 Å². The standard InChI is InChI=1S/C25H26F2N6S/c1-3-25(29)32-15-31-19-6-8-24(30-14-19)22(13-28)17-9-16(10-20(11-17)33-34-4-2)21-7-5-18(26)12-23(21)27/h5-15,33H,3-4,28H2,1-2H3,(H2,29,31,32). The van der Waals surface area contributed by atoms with Gasteiger partial charge in [0.15, 0.2) is 0 Å². The van der Waals surface area contributed by atoms with Crippen molar-refractivity contribution in [3.63, 3.8) is 0 Å². The van der Waals surface area contributed by atoms with Gasteiger partial charge in [-0.25, -0.2) is 18.8 Å². The molecule has 0 saturated carbocycles. The van der Waals surface area contributed by atoms with Crippen LogP contribution in [0.1, 0.15) is 31.5 Å². The molecule has 0 saturated heterocycles. The highest BCUT2D eigenvalue weighted by Crippen LogP contribution is 2.33. The van der Waals surface area contributed by atoms with Crippen LogP contribution in [0.5, 0.6) is 0 Å². The molecule has 0 aliphatic rings. The predicted molar refractivity (Wildman–Crippen MR) is 139 cm³/mol. The fourth-order valence-electron chi connectivity index (χ4n) is 3.09. The van der Waals surface area contributed by atoms with E-state index in [9.17, 15) is 8.78 Å². The lowest BCUT2D eigenvalue weighted by molar-refractivity contribution is 0.585. The van der Waals surface area contributed by atoms with Crippen molar-refractivity contribution in [1.29, 1.82) is 0 Å². The number of anilines is 1. The lowest BCUT2D eigenvalue weighted by Gasteiger charge is -2.14. The van der Waals surface area contributed by atoms with E-state index in [0.717, 1.165) is 23.1 Å². The highest BCUT2D eigenvalue weighted by molar-refractivity contribution is 8.00. The van der Waals surface area contributed by atoms with Gasteiger partial charge >= 0.3 is 0 Å². The summed E-state index contributed by atoms with van der Waals surface area (Å²) in [5, 5.41) is 0. The van der Waals surface area contributed by atoms with Crippen molar-refractivity contribution in [2.24, 2.45) is 21.5 Å². The molecule has 0 fully saturated rings. The number of aromatic nitrogens is 1. The lowest BCUT2D eigenvalue weighted by atomic mass is 9.96. The molecule has 0 aliphatic carbocycles. The quantitative estimate of drug-likeness (QED) is 0.202. The largest absolute Gasteiger partial charge is 0.404 e. The number of benzene rings is 2. The molecule has 0 amide bonds. The summed E-state index contributed by atoms with van der Waals surface area (Å²) >= 11 is 1.50. The lowest BCUT2D eigenvalue weighted by Crippen LogP contribution is -2.09. The third kappa shape index (κ3) is 6.41. The van der Waals surface area contributed by atoms with Gasteiger partial charge in [-0.05, 0) is 53.6 Å². The van der Waals surface area contributed by atoms with Crippen molar-refractivity contribution in [1.82, 2.24) is 4.98 Å². The Morgan fingerprint density at radius 3 is 2.59 bits per heavy atom. The zero-order chi connectivity index (χ0) is 24.5. The second-order valence-corrected chi connectivity index (χ2v) is 8.23. The maximum Gasteiger partial charge on any atom is 0.133 e. The first kappa shape index (κ1) is 24.9. The number of rotatable bonds is 9. The molecule has 3 rings (SSSR count). The van der Waals surface area contributed by atoms with Crippen molar-refractivity contribution in [3.05, 3.63) is 83.8 Å². The molecular weight excluding hydrogens is 454 g/mol. The Kier molecular flexibility index (Phi) is 8.75. The highest BCUT2D eigenvalue weighted by atomic mass is 32.2. The van der Waals surface area contributed by atoms with Gasteiger partial charge < -0.3 is 16.2 Å². The summed E-state index contributed by atoms with van der Waals surface area (Å²) < 4.78 is 31.2. The molecule has 2 aromatic carbocycles. The van der Waals surface area contributed by atoms with Gasteiger partial charge in [0.2, 0.25) is 0 Å². The number of nitrogens with two attached hydrogens (primary N) is 2. The Morgan fingerprint density at radius 2 is 1.94 bits per heavy atom. The van der Waals surface area contributed by atoms with Crippen molar-refractivity contribution < 1.29 is 8.78 Å². The van der Waals surface area contributed by atoms with E-state index >= 15 is 0 Å². The average molecular weight is 481 g/mol. The second kappa shape index (κ2) is 11.9. The maximum absolute atomic E-state index is 14.5. The van der Waals surface area contributed by atoms with Crippen molar-refractivity contribution in [3.8, 4) is 11.1 Å². The number of amidine groups is 1. The van der Waals surface area contributed by atoms with Gasteiger partial charge in [-0.1, -0.05) is 25.8 Å². The van der Waals surface area contributed by atoms with E-state index in [0.29, 0.717) is 34.8 Å². The molecule has 34 heavy (non-hydrogen) atoms. The fourth-order valence-corrected chi connectivity index (χ4v) is 3.52. The topological polar surface area (TPSA) is 102 Å². The van der Waals surface area contributed by atoms with Gasteiger partial charge in [-0.3, -0.25) is 4.98 Å². The highest BCUT2D eigenvalue weighted by Gasteiger charge is 2.13. The average Bonchev–Trinajstić information content (AvgIpc) is 2.84. The van der Waals surface area contributed by atoms with Crippen LogP contribution in [-0.4, -0.2) is 22.9 Å². The minimum absolute atomic E-state index is 0.286. The Morgan fingerprint density at radius 1 is 1.12 bits per heavy atom. The monoisotopic (exact) mass is 480 g/mol. The molecule has 0 spiro atoms. The van der Waals surface area contributed by atoms with Gasteiger partial charge in [0, 0.05) is 41.3 Å². The third-order valence-corrected chi connectivity index (χ3v) is 5.47. The van der Waals surface area contributed by atoms with Gasteiger partial charge in [0.05, 0.1) is 17.6 Å². The number of halogens is 2. The van der Waals surface area contributed by atoms with Crippen LogP contribution in [0.3, 0.4) is 0 Å². The maximum atomic E-state index is 14.5. The van der Waals surface area contributed by atoms with Gasteiger partial charge in [0.25, 0.3) is 0 Å². The summed E-state index contributed by atoms with van der Waals surface area (Å²) in [4.78, 5) is 12.7. The van der Waals surface area contributed by atoms with Crippen molar-refractivity contribution in [2.75, 3.05) is 10.5 Å². The Bertz CT molecular complexity index is 1220. The molecule has 0 unspecified atom stereocenters. The van der Waals surface area contributed by atoms with Gasteiger partial charge in [-0.15, -0.1) is 0 Å². The van der Waals surface area contributed by atoms with E-state index in [4.69, 9.17) is 11.5 Å². The van der Waals surface area contributed by atoms with Crippen LogP contribution in [0.15, 0.2) is 70.9 Å². The molecule has 6 nitrogen and oxygen atoms in total. The van der Waals surface area contributed by atoms with Crippen molar-refractivity contribution >= 4 is 41.1 Å².